The van der Waals surface area contributed by atoms with Gasteiger partial charge in [0.15, 0.2) is 6.29 Å². The van der Waals surface area contributed by atoms with Crippen LogP contribution in [-0.4, -0.2) is 67.7 Å². The van der Waals surface area contributed by atoms with Gasteiger partial charge in [-0.2, -0.15) is 0 Å². The number of nitrogens with zero attached hydrogens (tertiary/aromatic N) is 3. The van der Waals surface area contributed by atoms with E-state index in [1.54, 1.807) is 0 Å². The Morgan fingerprint density at radius 1 is 1.24 bits per heavy atom. The van der Waals surface area contributed by atoms with Gasteiger partial charge in [-0.15, -0.1) is 0 Å². The molecule has 0 spiro atoms. The molecular weight excluding hydrogens is 364 g/mol. The van der Waals surface area contributed by atoms with Crippen LogP contribution in [0.1, 0.15) is 46.6 Å². The molecule has 0 fully saturated rings. The molecule has 1 aromatic carbocycles. The zero-order valence-corrected chi connectivity index (χ0v) is 19.0. The lowest BCUT2D eigenvalue weighted by atomic mass is 9.87. The molecule has 2 rings (SSSR count). The average molecular weight is 403 g/mol. The van der Waals surface area contributed by atoms with Crippen molar-refractivity contribution in [3.8, 4) is 0 Å². The predicted octanol–water partition coefficient (Wildman–Crippen LogP) is 3.05. The number of carbonyl (C=O) groups excluding carboxylic acids is 1. The third kappa shape index (κ3) is 7.10. The summed E-state index contributed by atoms with van der Waals surface area (Å²) in [6.45, 7) is 13.3. The van der Waals surface area contributed by atoms with E-state index in [1.807, 2.05) is 19.1 Å². The SMILES string of the molecule is CCN1C(NCCN(C)C)CC(C)=NC1NC(=O)Nc1ccc(C(C)(C)C)cc1. The zero-order chi connectivity index (χ0) is 21.6. The molecule has 0 radical (unpaired) electrons. The van der Waals surface area contributed by atoms with E-state index in [9.17, 15) is 4.79 Å². The maximum absolute atomic E-state index is 12.6. The van der Waals surface area contributed by atoms with Crippen LogP contribution in [0.4, 0.5) is 10.5 Å². The van der Waals surface area contributed by atoms with E-state index in [4.69, 9.17) is 0 Å². The largest absolute Gasteiger partial charge is 0.321 e. The van der Waals surface area contributed by atoms with Crippen molar-refractivity contribution in [2.45, 2.75) is 58.9 Å². The number of rotatable bonds is 7. The Hall–Kier alpha value is -1.96. The molecular formula is C22H38N6O. The Bertz CT molecular complexity index is 692. The molecule has 162 valence electrons. The summed E-state index contributed by atoms with van der Waals surface area (Å²) in [7, 11) is 4.13. The standard InChI is InChI=1S/C22H38N6O/c1-8-28-19(23-13-14-27(6)7)15-16(2)24-20(28)26-21(29)25-18-11-9-17(10-12-18)22(3,4)5/h9-12,19-20,23H,8,13-15H2,1-7H3,(H2,25,26,29). The van der Waals surface area contributed by atoms with Gasteiger partial charge in [0.2, 0.25) is 0 Å². The topological polar surface area (TPSA) is 72.0 Å². The fourth-order valence-corrected chi connectivity index (χ4v) is 3.39. The number of anilines is 1. The van der Waals surface area contributed by atoms with Crippen LogP contribution in [0.5, 0.6) is 0 Å². The van der Waals surface area contributed by atoms with Gasteiger partial charge in [-0.3, -0.25) is 4.99 Å². The first kappa shape index (κ1) is 23.3. The molecule has 1 aromatic rings. The fourth-order valence-electron chi connectivity index (χ4n) is 3.39. The van der Waals surface area contributed by atoms with Crippen LogP contribution in [0.15, 0.2) is 29.3 Å². The summed E-state index contributed by atoms with van der Waals surface area (Å²) in [4.78, 5) is 21.6. The van der Waals surface area contributed by atoms with Crippen LogP contribution < -0.4 is 16.0 Å². The van der Waals surface area contributed by atoms with Gasteiger partial charge in [-0.1, -0.05) is 39.8 Å². The number of hydrogen-bond acceptors (Lipinski definition) is 5. The van der Waals surface area contributed by atoms with Crippen LogP contribution in [-0.2, 0) is 5.41 Å². The molecule has 1 heterocycles. The normalized spacial score (nSPS) is 20.5. The highest BCUT2D eigenvalue weighted by atomic mass is 16.2. The van der Waals surface area contributed by atoms with Crippen molar-refractivity contribution in [2.24, 2.45) is 4.99 Å². The summed E-state index contributed by atoms with van der Waals surface area (Å²) in [5.41, 5.74) is 3.14. The molecule has 7 nitrogen and oxygen atoms in total. The van der Waals surface area contributed by atoms with Gasteiger partial charge >= 0.3 is 6.03 Å². The summed E-state index contributed by atoms with van der Waals surface area (Å²) < 4.78 is 0. The molecule has 3 N–H and O–H groups in total. The van der Waals surface area contributed by atoms with E-state index in [-0.39, 0.29) is 23.9 Å². The second-order valence-electron chi connectivity index (χ2n) is 8.97. The van der Waals surface area contributed by atoms with Gasteiger partial charge in [0.05, 0.1) is 6.17 Å². The Morgan fingerprint density at radius 3 is 2.45 bits per heavy atom. The van der Waals surface area contributed by atoms with Gasteiger partial charge in [-0.25, -0.2) is 9.69 Å². The maximum Gasteiger partial charge on any atom is 0.321 e. The Balaban J connectivity index is 1.99. The van der Waals surface area contributed by atoms with Crippen LogP contribution in [0.2, 0.25) is 0 Å². The quantitative estimate of drug-likeness (QED) is 0.655. The minimum atomic E-state index is -0.376. The highest BCUT2D eigenvalue weighted by molar-refractivity contribution is 5.90. The summed E-state index contributed by atoms with van der Waals surface area (Å²) >= 11 is 0. The summed E-state index contributed by atoms with van der Waals surface area (Å²) in [6, 6.07) is 7.75. The molecule has 0 bridgehead atoms. The van der Waals surface area contributed by atoms with Crippen molar-refractivity contribution in [3.63, 3.8) is 0 Å². The Kier molecular flexibility index (Phi) is 8.19. The van der Waals surface area contributed by atoms with Gasteiger partial charge in [0.25, 0.3) is 0 Å². The second kappa shape index (κ2) is 10.2. The maximum atomic E-state index is 12.6. The second-order valence-corrected chi connectivity index (χ2v) is 8.97. The number of likely N-dealkylation sites (N-methyl/N-ethyl adjacent to an activating group) is 1. The van der Waals surface area contributed by atoms with Crippen LogP contribution >= 0.6 is 0 Å². The lowest BCUT2D eigenvalue weighted by Crippen LogP contribution is -2.60. The smallest absolute Gasteiger partial charge is 0.308 e. The molecule has 0 saturated heterocycles. The fraction of sp³-hybridized carbons (Fsp3) is 0.636. The number of aliphatic imine (C=N–C) groups is 1. The van der Waals surface area contributed by atoms with Crippen molar-refractivity contribution in [1.82, 2.24) is 20.4 Å². The highest BCUT2D eigenvalue weighted by Crippen LogP contribution is 2.23. The average Bonchev–Trinajstić information content (AvgIpc) is 2.61. The molecule has 0 aromatic heterocycles. The Morgan fingerprint density at radius 2 is 1.90 bits per heavy atom. The molecule has 7 heteroatoms. The highest BCUT2D eigenvalue weighted by Gasteiger charge is 2.30. The van der Waals surface area contributed by atoms with Crippen molar-refractivity contribution < 1.29 is 4.79 Å². The third-order valence-electron chi connectivity index (χ3n) is 5.12. The van der Waals surface area contributed by atoms with Gasteiger partial charge < -0.3 is 20.9 Å². The predicted molar refractivity (Wildman–Crippen MR) is 122 cm³/mol. The lowest BCUT2D eigenvalue weighted by molar-refractivity contribution is 0.0970. The molecule has 1 aliphatic rings. The monoisotopic (exact) mass is 402 g/mol. The van der Waals surface area contributed by atoms with Crippen LogP contribution in [0.3, 0.4) is 0 Å². The van der Waals surface area contributed by atoms with Crippen molar-refractivity contribution >= 4 is 17.4 Å². The molecule has 2 amide bonds. The summed E-state index contributed by atoms with van der Waals surface area (Å²) in [6.07, 6.45) is 0.642. The molecule has 2 unspecified atom stereocenters. The van der Waals surface area contributed by atoms with Crippen molar-refractivity contribution in [3.05, 3.63) is 29.8 Å². The van der Waals surface area contributed by atoms with Crippen LogP contribution in [0, 0.1) is 0 Å². The van der Waals surface area contributed by atoms with E-state index in [2.05, 4.69) is 84.7 Å². The van der Waals surface area contributed by atoms with Gasteiger partial charge in [0, 0.05) is 37.5 Å². The third-order valence-corrected chi connectivity index (χ3v) is 5.12. The minimum absolute atomic E-state index is 0.0886. The molecule has 2 atom stereocenters. The number of nitrogens with one attached hydrogen (secondary N) is 3. The molecule has 0 saturated carbocycles. The van der Waals surface area contributed by atoms with E-state index >= 15 is 0 Å². The van der Waals surface area contributed by atoms with E-state index in [0.717, 1.165) is 37.5 Å². The number of hydrogen-bond donors (Lipinski definition) is 3. The zero-order valence-electron chi connectivity index (χ0n) is 19.0. The molecule has 0 aliphatic carbocycles. The number of amides is 2. The lowest BCUT2D eigenvalue weighted by Gasteiger charge is -2.39. The van der Waals surface area contributed by atoms with Crippen LogP contribution in [0.25, 0.3) is 0 Å². The summed E-state index contributed by atoms with van der Waals surface area (Å²) in [5.74, 6) is 0. The van der Waals surface area contributed by atoms with E-state index in [1.165, 1.54) is 5.56 Å². The first-order valence-electron chi connectivity index (χ1n) is 10.5. The van der Waals surface area contributed by atoms with Crippen molar-refractivity contribution in [1.29, 1.82) is 0 Å². The molecule has 1 aliphatic heterocycles. The minimum Gasteiger partial charge on any atom is -0.308 e. The first-order chi connectivity index (χ1) is 13.6. The van der Waals surface area contributed by atoms with Gasteiger partial charge in [0.1, 0.15) is 0 Å². The summed E-state index contributed by atoms with van der Waals surface area (Å²) in [5, 5.41) is 9.53. The first-order valence-corrected chi connectivity index (χ1v) is 10.5. The number of benzene rings is 1. The molecule has 29 heavy (non-hydrogen) atoms. The van der Waals surface area contributed by atoms with E-state index in [0.29, 0.717) is 0 Å². The van der Waals surface area contributed by atoms with Crippen molar-refractivity contribution in [2.75, 3.05) is 39.0 Å². The number of urea groups is 1. The Labute approximate surface area is 175 Å². The number of carbonyl (C=O) groups is 1. The van der Waals surface area contributed by atoms with Gasteiger partial charge in [-0.05, 0) is 44.1 Å². The van der Waals surface area contributed by atoms with E-state index < -0.39 is 0 Å².